The SMILES string of the molecule is CCOC(=O)C1=C(CN2CCCC[C@H]2C)NC(=O)N[C@@H]1CC. The molecule has 1 saturated heterocycles. The molecule has 0 radical (unpaired) electrons. The molecule has 2 aliphatic heterocycles. The molecule has 0 aromatic rings. The van der Waals surface area contributed by atoms with E-state index in [4.69, 9.17) is 4.74 Å². The predicted molar refractivity (Wildman–Crippen MR) is 84.3 cm³/mol. The fraction of sp³-hybridized carbons (Fsp3) is 0.750. The van der Waals surface area contributed by atoms with Crippen molar-refractivity contribution in [3.63, 3.8) is 0 Å². The fourth-order valence-corrected chi connectivity index (χ4v) is 3.18. The second-order valence-corrected chi connectivity index (χ2v) is 5.99. The Hall–Kier alpha value is -1.56. The summed E-state index contributed by atoms with van der Waals surface area (Å²) >= 11 is 0. The Morgan fingerprint density at radius 3 is 2.77 bits per heavy atom. The summed E-state index contributed by atoms with van der Waals surface area (Å²) in [5.74, 6) is -0.332. The molecule has 0 unspecified atom stereocenters. The molecule has 0 saturated carbocycles. The Balaban J connectivity index is 2.26. The van der Waals surface area contributed by atoms with Crippen LogP contribution in [0, 0.1) is 0 Å². The average Bonchev–Trinajstić information content (AvgIpc) is 2.49. The van der Waals surface area contributed by atoms with E-state index in [-0.39, 0.29) is 18.0 Å². The van der Waals surface area contributed by atoms with Gasteiger partial charge in [-0.25, -0.2) is 9.59 Å². The number of nitrogens with one attached hydrogen (secondary N) is 2. The molecule has 2 rings (SSSR count). The van der Waals surface area contributed by atoms with Gasteiger partial charge in [-0.3, -0.25) is 4.90 Å². The third kappa shape index (κ3) is 3.80. The topological polar surface area (TPSA) is 70.7 Å². The van der Waals surface area contributed by atoms with E-state index in [0.717, 1.165) is 19.4 Å². The van der Waals surface area contributed by atoms with Gasteiger partial charge in [0.15, 0.2) is 0 Å². The number of hydrogen-bond acceptors (Lipinski definition) is 4. The number of piperidine rings is 1. The lowest BCUT2D eigenvalue weighted by Gasteiger charge is -2.36. The monoisotopic (exact) mass is 309 g/mol. The van der Waals surface area contributed by atoms with Crippen molar-refractivity contribution in [2.75, 3.05) is 19.7 Å². The van der Waals surface area contributed by atoms with Gasteiger partial charge in [0.05, 0.1) is 18.2 Å². The molecular weight excluding hydrogens is 282 g/mol. The van der Waals surface area contributed by atoms with Gasteiger partial charge in [0.2, 0.25) is 0 Å². The van der Waals surface area contributed by atoms with Gasteiger partial charge in [-0.2, -0.15) is 0 Å². The summed E-state index contributed by atoms with van der Waals surface area (Å²) in [4.78, 5) is 26.5. The number of carbonyl (C=O) groups excluding carboxylic acids is 2. The second-order valence-electron chi connectivity index (χ2n) is 5.99. The first kappa shape index (κ1) is 16.8. The van der Waals surface area contributed by atoms with Gasteiger partial charge in [0.1, 0.15) is 0 Å². The average molecular weight is 309 g/mol. The summed E-state index contributed by atoms with van der Waals surface area (Å²) < 4.78 is 5.19. The Bertz CT molecular complexity index is 462. The van der Waals surface area contributed by atoms with E-state index in [2.05, 4.69) is 22.5 Å². The van der Waals surface area contributed by atoms with Crippen molar-refractivity contribution in [3.8, 4) is 0 Å². The van der Waals surface area contributed by atoms with Gasteiger partial charge in [-0.1, -0.05) is 13.3 Å². The van der Waals surface area contributed by atoms with Gasteiger partial charge < -0.3 is 15.4 Å². The van der Waals surface area contributed by atoms with Crippen LogP contribution >= 0.6 is 0 Å². The Morgan fingerprint density at radius 2 is 2.14 bits per heavy atom. The molecular formula is C16H27N3O3. The molecule has 0 spiro atoms. The number of ether oxygens (including phenoxy) is 1. The maximum absolute atomic E-state index is 12.3. The van der Waals surface area contributed by atoms with Crippen LogP contribution in [-0.2, 0) is 9.53 Å². The first-order valence-corrected chi connectivity index (χ1v) is 8.28. The van der Waals surface area contributed by atoms with E-state index in [1.54, 1.807) is 6.92 Å². The maximum atomic E-state index is 12.3. The van der Waals surface area contributed by atoms with Gasteiger partial charge in [-0.15, -0.1) is 0 Å². The third-order valence-corrected chi connectivity index (χ3v) is 4.45. The normalized spacial score (nSPS) is 26.4. The Kier molecular flexibility index (Phi) is 5.83. The first-order valence-electron chi connectivity index (χ1n) is 8.28. The standard InChI is InChI=1S/C16H27N3O3/c1-4-12-14(15(20)22-5-2)13(18-16(21)17-12)10-19-9-7-6-8-11(19)3/h11-12H,4-10H2,1-3H3,(H2,17,18,21)/t11-,12-/m1/s1. The van der Waals surface area contributed by atoms with Crippen LogP contribution < -0.4 is 10.6 Å². The van der Waals surface area contributed by atoms with Crippen molar-refractivity contribution in [1.29, 1.82) is 0 Å². The maximum Gasteiger partial charge on any atom is 0.337 e. The minimum Gasteiger partial charge on any atom is -0.463 e. The smallest absolute Gasteiger partial charge is 0.337 e. The zero-order valence-electron chi connectivity index (χ0n) is 13.8. The molecule has 6 nitrogen and oxygen atoms in total. The molecule has 0 aliphatic carbocycles. The van der Waals surface area contributed by atoms with Crippen molar-refractivity contribution in [2.24, 2.45) is 0 Å². The minimum atomic E-state index is -0.332. The van der Waals surface area contributed by atoms with Crippen LogP contribution in [0.2, 0.25) is 0 Å². The molecule has 6 heteroatoms. The number of urea groups is 1. The summed E-state index contributed by atoms with van der Waals surface area (Å²) in [6.45, 7) is 7.88. The number of amides is 2. The molecule has 0 bridgehead atoms. The minimum absolute atomic E-state index is 0.237. The lowest BCUT2D eigenvalue weighted by Crippen LogP contribution is -2.53. The molecule has 2 N–H and O–H groups in total. The summed E-state index contributed by atoms with van der Waals surface area (Å²) in [5.41, 5.74) is 1.27. The summed E-state index contributed by atoms with van der Waals surface area (Å²) in [7, 11) is 0. The molecule has 0 aromatic heterocycles. The second kappa shape index (κ2) is 7.63. The quantitative estimate of drug-likeness (QED) is 0.759. The van der Waals surface area contributed by atoms with E-state index in [0.29, 0.717) is 36.9 Å². The Labute approximate surface area is 132 Å². The van der Waals surface area contributed by atoms with Crippen LogP contribution in [0.4, 0.5) is 4.79 Å². The molecule has 2 aliphatic rings. The highest BCUT2D eigenvalue weighted by Crippen LogP contribution is 2.22. The highest BCUT2D eigenvalue weighted by atomic mass is 16.5. The zero-order valence-corrected chi connectivity index (χ0v) is 13.8. The summed E-state index contributed by atoms with van der Waals surface area (Å²) in [6.07, 6.45) is 4.23. The van der Waals surface area contributed by atoms with Crippen LogP contribution in [0.3, 0.4) is 0 Å². The summed E-state index contributed by atoms with van der Waals surface area (Å²) in [6, 6.07) is -0.0426. The van der Waals surface area contributed by atoms with Crippen LogP contribution in [0.25, 0.3) is 0 Å². The lowest BCUT2D eigenvalue weighted by molar-refractivity contribution is -0.139. The van der Waals surface area contributed by atoms with Crippen LogP contribution in [0.15, 0.2) is 11.3 Å². The van der Waals surface area contributed by atoms with Crippen molar-refractivity contribution in [3.05, 3.63) is 11.3 Å². The number of hydrogen-bond donors (Lipinski definition) is 2. The molecule has 2 atom stereocenters. The number of nitrogens with zero attached hydrogens (tertiary/aromatic N) is 1. The van der Waals surface area contributed by atoms with Crippen molar-refractivity contribution < 1.29 is 14.3 Å². The van der Waals surface area contributed by atoms with Gasteiger partial charge in [0.25, 0.3) is 0 Å². The molecule has 1 fully saturated rings. The fourth-order valence-electron chi connectivity index (χ4n) is 3.18. The van der Waals surface area contributed by atoms with E-state index in [9.17, 15) is 9.59 Å². The summed E-state index contributed by atoms with van der Waals surface area (Å²) in [5, 5.41) is 5.63. The van der Waals surface area contributed by atoms with Gasteiger partial charge in [-0.05, 0) is 39.7 Å². The lowest BCUT2D eigenvalue weighted by atomic mass is 9.98. The van der Waals surface area contributed by atoms with E-state index in [1.165, 1.54) is 6.42 Å². The van der Waals surface area contributed by atoms with Gasteiger partial charge >= 0.3 is 12.0 Å². The van der Waals surface area contributed by atoms with Crippen LogP contribution in [0.1, 0.15) is 46.5 Å². The number of carbonyl (C=O) groups is 2. The van der Waals surface area contributed by atoms with Gasteiger partial charge in [0, 0.05) is 18.3 Å². The van der Waals surface area contributed by atoms with Crippen molar-refractivity contribution in [2.45, 2.75) is 58.5 Å². The van der Waals surface area contributed by atoms with Crippen molar-refractivity contribution in [1.82, 2.24) is 15.5 Å². The first-order chi connectivity index (χ1) is 10.6. The molecule has 124 valence electrons. The molecule has 2 heterocycles. The zero-order chi connectivity index (χ0) is 16.1. The van der Waals surface area contributed by atoms with E-state index >= 15 is 0 Å². The molecule has 22 heavy (non-hydrogen) atoms. The van der Waals surface area contributed by atoms with Crippen LogP contribution in [0.5, 0.6) is 0 Å². The number of esters is 1. The predicted octanol–water partition coefficient (Wildman–Crippen LogP) is 1.77. The van der Waals surface area contributed by atoms with E-state index in [1.807, 2.05) is 6.92 Å². The highest BCUT2D eigenvalue weighted by Gasteiger charge is 2.33. The largest absolute Gasteiger partial charge is 0.463 e. The number of rotatable bonds is 5. The Morgan fingerprint density at radius 1 is 1.36 bits per heavy atom. The molecule has 2 amide bonds. The van der Waals surface area contributed by atoms with Crippen LogP contribution in [-0.4, -0.2) is 48.7 Å². The third-order valence-electron chi connectivity index (χ3n) is 4.45. The van der Waals surface area contributed by atoms with E-state index < -0.39 is 0 Å². The molecule has 0 aromatic carbocycles. The van der Waals surface area contributed by atoms with Crippen molar-refractivity contribution >= 4 is 12.0 Å². The highest BCUT2D eigenvalue weighted by molar-refractivity contribution is 5.94. The number of likely N-dealkylation sites (tertiary alicyclic amines) is 1.